The van der Waals surface area contributed by atoms with Gasteiger partial charge in [0.1, 0.15) is 11.5 Å². The normalized spacial score (nSPS) is 10.3. The molecule has 1 aromatic heterocycles. The summed E-state index contributed by atoms with van der Waals surface area (Å²) in [5.74, 6) is -2.25. The maximum Gasteiger partial charge on any atom is 0.354 e. The molecule has 2 rings (SSSR count). The molecule has 0 saturated heterocycles. The fourth-order valence-electron chi connectivity index (χ4n) is 1.92. The topological polar surface area (TPSA) is 82.2 Å². The summed E-state index contributed by atoms with van der Waals surface area (Å²) in [5, 5.41) is 11.5. The quantitative estimate of drug-likeness (QED) is 0.806. The first-order valence-electron chi connectivity index (χ1n) is 5.88. The Morgan fingerprint density at radius 2 is 1.90 bits per heavy atom. The first kappa shape index (κ1) is 13.8. The van der Waals surface area contributed by atoms with Gasteiger partial charge in [-0.3, -0.25) is 4.79 Å². The predicted molar refractivity (Wildman–Crippen MR) is 71.6 cm³/mol. The van der Waals surface area contributed by atoms with Gasteiger partial charge in [0.05, 0.1) is 5.69 Å². The van der Waals surface area contributed by atoms with Crippen molar-refractivity contribution in [3.05, 3.63) is 52.6 Å². The van der Waals surface area contributed by atoms with Gasteiger partial charge in [-0.2, -0.15) is 0 Å². The van der Waals surface area contributed by atoms with Crippen LogP contribution in [0.3, 0.4) is 0 Å². The maximum absolute atomic E-state index is 13.3. The standard InChI is InChI=1S/C14H13FN2O3/c1-7-3-9(6-10(15)4-7)13(18)17-11-5-8(2)16-12(11)14(19)20/h3-6,16H,1-2H3,(H,17,18)(H,19,20). The first-order valence-corrected chi connectivity index (χ1v) is 5.88. The summed E-state index contributed by atoms with van der Waals surface area (Å²) < 4.78 is 13.3. The number of halogens is 1. The molecule has 20 heavy (non-hydrogen) atoms. The number of anilines is 1. The molecule has 0 atom stereocenters. The Labute approximate surface area is 114 Å². The van der Waals surface area contributed by atoms with Crippen LogP contribution in [0.25, 0.3) is 0 Å². The average molecular weight is 276 g/mol. The lowest BCUT2D eigenvalue weighted by atomic mass is 10.1. The summed E-state index contributed by atoms with van der Waals surface area (Å²) in [6.45, 7) is 3.34. The van der Waals surface area contributed by atoms with Crippen molar-refractivity contribution in [1.82, 2.24) is 4.98 Å². The van der Waals surface area contributed by atoms with Crippen LogP contribution in [-0.4, -0.2) is 22.0 Å². The molecule has 0 radical (unpaired) electrons. The van der Waals surface area contributed by atoms with Crippen LogP contribution in [-0.2, 0) is 0 Å². The second-order valence-corrected chi connectivity index (χ2v) is 4.52. The molecule has 0 aliphatic carbocycles. The van der Waals surface area contributed by atoms with E-state index >= 15 is 0 Å². The van der Waals surface area contributed by atoms with E-state index in [-0.39, 0.29) is 16.9 Å². The zero-order valence-electron chi connectivity index (χ0n) is 11.0. The van der Waals surface area contributed by atoms with Crippen molar-refractivity contribution in [3.8, 4) is 0 Å². The van der Waals surface area contributed by atoms with Gasteiger partial charge in [0.2, 0.25) is 0 Å². The SMILES string of the molecule is Cc1cc(F)cc(C(=O)Nc2cc(C)[nH]c2C(=O)O)c1. The van der Waals surface area contributed by atoms with E-state index in [4.69, 9.17) is 5.11 Å². The number of H-pyrrole nitrogens is 1. The molecular weight excluding hydrogens is 263 g/mol. The summed E-state index contributed by atoms with van der Waals surface area (Å²) in [5.41, 5.74) is 1.40. The van der Waals surface area contributed by atoms with Gasteiger partial charge in [0, 0.05) is 11.3 Å². The molecule has 1 aromatic carbocycles. The molecule has 3 N–H and O–H groups in total. The molecule has 0 bridgehead atoms. The van der Waals surface area contributed by atoms with Gasteiger partial charge in [0.25, 0.3) is 5.91 Å². The molecule has 0 spiro atoms. The summed E-state index contributed by atoms with van der Waals surface area (Å²) >= 11 is 0. The van der Waals surface area contributed by atoms with Crippen molar-refractivity contribution in [3.63, 3.8) is 0 Å². The number of benzene rings is 1. The van der Waals surface area contributed by atoms with Gasteiger partial charge >= 0.3 is 5.97 Å². The highest BCUT2D eigenvalue weighted by Gasteiger charge is 2.16. The summed E-state index contributed by atoms with van der Waals surface area (Å²) in [7, 11) is 0. The Balaban J connectivity index is 2.30. The number of hydrogen-bond donors (Lipinski definition) is 3. The molecule has 0 fully saturated rings. The molecule has 1 heterocycles. The lowest BCUT2D eigenvalue weighted by molar-refractivity contribution is 0.0692. The van der Waals surface area contributed by atoms with Crippen molar-refractivity contribution in [2.75, 3.05) is 5.32 Å². The molecule has 5 nitrogen and oxygen atoms in total. The molecule has 104 valence electrons. The highest BCUT2D eigenvalue weighted by atomic mass is 19.1. The molecule has 1 amide bonds. The van der Waals surface area contributed by atoms with E-state index in [9.17, 15) is 14.0 Å². The number of aryl methyl sites for hydroxylation is 2. The number of aromatic carboxylic acids is 1. The van der Waals surface area contributed by atoms with Crippen molar-refractivity contribution >= 4 is 17.6 Å². The van der Waals surface area contributed by atoms with Crippen LogP contribution in [0, 0.1) is 19.7 Å². The molecular formula is C14H13FN2O3. The third-order valence-electron chi connectivity index (χ3n) is 2.72. The lowest BCUT2D eigenvalue weighted by Gasteiger charge is -2.05. The van der Waals surface area contributed by atoms with Gasteiger partial charge in [-0.1, -0.05) is 0 Å². The van der Waals surface area contributed by atoms with E-state index in [1.807, 2.05) is 0 Å². The molecule has 0 unspecified atom stereocenters. The van der Waals surface area contributed by atoms with Crippen molar-refractivity contribution in [1.29, 1.82) is 0 Å². The number of nitrogens with one attached hydrogen (secondary N) is 2. The van der Waals surface area contributed by atoms with E-state index < -0.39 is 17.7 Å². The molecule has 0 saturated carbocycles. The number of carbonyl (C=O) groups is 2. The third-order valence-corrected chi connectivity index (χ3v) is 2.72. The van der Waals surface area contributed by atoms with Gasteiger partial charge < -0.3 is 15.4 Å². The predicted octanol–water partition coefficient (Wildman–Crippen LogP) is 2.72. The fraction of sp³-hybridized carbons (Fsp3) is 0.143. The third kappa shape index (κ3) is 2.85. The largest absolute Gasteiger partial charge is 0.477 e. The highest BCUT2D eigenvalue weighted by Crippen LogP contribution is 2.18. The Hall–Kier alpha value is -2.63. The van der Waals surface area contributed by atoms with Crippen molar-refractivity contribution < 1.29 is 19.1 Å². The number of aromatic nitrogens is 1. The summed E-state index contributed by atoms with van der Waals surface area (Å²) in [4.78, 5) is 25.7. The van der Waals surface area contributed by atoms with E-state index in [1.165, 1.54) is 18.2 Å². The van der Waals surface area contributed by atoms with E-state index in [0.717, 1.165) is 6.07 Å². The number of amides is 1. The van der Waals surface area contributed by atoms with Crippen LogP contribution in [0.15, 0.2) is 24.3 Å². The minimum absolute atomic E-state index is 0.107. The monoisotopic (exact) mass is 276 g/mol. The second kappa shape index (κ2) is 5.16. The summed E-state index contributed by atoms with van der Waals surface area (Å²) in [6, 6.07) is 5.44. The molecule has 0 aliphatic heterocycles. The van der Waals surface area contributed by atoms with Crippen molar-refractivity contribution in [2.24, 2.45) is 0 Å². The maximum atomic E-state index is 13.3. The van der Waals surface area contributed by atoms with E-state index in [1.54, 1.807) is 13.8 Å². The number of carbonyl (C=O) groups excluding carboxylic acids is 1. The molecule has 0 aliphatic rings. The first-order chi connectivity index (χ1) is 9.36. The average Bonchev–Trinajstić information content (AvgIpc) is 2.69. The van der Waals surface area contributed by atoms with E-state index in [2.05, 4.69) is 10.3 Å². The number of carboxylic acid groups (broad SMARTS) is 1. The smallest absolute Gasteiger partial charge is 0.354 e. The van der Waals surface area contributed by atoms with Gasteiger partial charge in [-0.15, -0.1) is 0 Å². The molecule has 6 heteroatoms. The zero-order chi connectivity index (χ0) is 14.9. The Morgan fingerprint density at radius 1 is 1.20 bits per heavy atom. The minimum atomic E-state index is -1.18. The van der Waals surface area contributed by atoms with Gasteiger partial charge in [-0.25, -0.2) is 9.18 Å². The van der Waals surface area contributed by atoms with Gasteiger partial charge in [-0.05, 0) is 43.7 Å². The van der Waals surface area contributed by atoms with Crippen LogP contribution < -0.4 is 5.32 Å². The number of rotatable bonds is 3. The number of hydrogen-bond acceptors (Lipinski definition) is 2. The van der Waals surface area contributed by atoms with Gasteiger partial charge in [0.15, 0.2) is 0 Å². The van der Waals surface area contributed by atoms with Crippen LogP contribution in [0.2, 0.25) is 0 Å². The number of aromatic amines is 1. The molecule has 2 aromatic rings. The van der Waals surface area contributed by atoms with Crippen LogP contribution >= 0.6 is 0 Å². The zero-order valence-corrected chi connectivity index (χ0v) is 11.0. The second-order valence-electron chi connectivity index (χ2n) is 4.52. The fourth-order valence-corrected chi connectivity index (χ4v) is 1.92. The van der Waals surface area contributed by atoms with Crippen LogP contribution in [0.1, 0.15) is 32.1 Å². The number of carboxylic acids is 1. The Bertz CT molecular complexity index is 671. The van der Waals surface area contributed by atoms with Crippen molar-refractivity contribution in [2.45, 2.75) is 13.8 Å². The Morgan fingerprint density at radius 3 is 2.50 bits per heavy atom. The van der Waals surface area contributed by atoms with E-state index in [0.29, 0.717) is 11.3 Å². The minimum Gasteiger partial charge on any atom is -0.477 e. The summed E-state index contributed by atoms with van der Waals surface area (Å²) in [6.07, 6.45) is 0. The Kier molecular flexibility index (Phi) is 3.56. The highest BCUT2D eigenvalue weighted by molar-refractivity contribution is 6.07. The van der Waals surface area contributed by atoms with Crippen LogP contribution in [0.4, 0.5) is 10.1 Å². The van der Waals surface area contributed by atoms with Crippen LogP contribution in [0.5, 0.6) is 0 Å². The lowest BCUT2D eigenvalue weighted by Crippen LogP contribution is -2.14.